The Kier molecular flexibility index (Phi) is 5.46. The summed E-state index contributed by atoms with van der Waals surface area (Å²) >= 11 is 8.11. The Bertz CT molecular complexity index is 475. The lowest BCUT2D eigenvalue weighted by Crippen LogP contribution is -2.46. The van der Waals surface area contributed by atoms with Gasteiger partial charge in [-0.3, -0.25) is 4.90 Å². The van der Waals surface area contributed by atoms with E-state index in [2.05, 4.69) is 34.3 Å². The first-order chi connectivity index (χ1) is 10.2. The maximum absolute atomic E-state index is 6.16. The van der Waals surface area contributed by atoms with Crippen molar-refractivity contribution in [3.63, 3.8) is 0 Å². The van der Waals surface area contributed by atoms with Crippen molar-refractivity contribution in [3.05, 3.63) is 28.8 Å². The maximum atomic E-state index is 6.16. The normalized spacial score (nSPS) is 24.0. The molecule has 2 aliphatic heterocycles. The molecule has 2 aliphatic rings. The van der Waals surface area contributed by atoms with Crippen LogP contribution < -0.4 is 5.32 Å². The number of halogens is 1. The molecule has 1 saturated heterocycles. The maximum Gasteiger partial charge on any atom is 0.0410 e. The molecule has 1 N–H and O–H groups in total. The standard InChI is InChI=1S/C16H24ClN3S/c1-19-7-9-20(10-8-19)6-5-18-15-4-11-21-16-3-2-13(17)12-14(15)16/h2-3,12,15,18H,4-11H2,1H3. The van der Waals surface area contributed by atoms with Gasteiger partial charge in [-0.05, 0) is 43.0 Å². The molecule has 1 aromatic rings. The van der Waals surface area contributed by atoms with Crippen molar-refractivity contribution in [2.75, 3.05) is 52.1 Å². The van der Waals surface area contributed by atoms with Gasteiger partial charge in [0.2, 0.25) is 0 Å². The highest BCUT2D eigenvalue weighted by atomic mass is 35.5. The van der Waals surface area contributed by atoms with Gasteiger partial charge in [0.25, 0.3) is 0 Å². The number of fused-ring (bicyclic) bond motifs is 1. The summed E-state index contributed by atoms with van der Waals surface area (Å²) in [7, 11) is 2.20. The summed E-state index contributed by atoms with van der Waals surface area (Å²) in [4.78, 5) is 6.35. The molecule has 0 bridgehead atoms. The van der Waals surface area contributed by atoms with E-state index >= 15 is 0 Å². The Labute approximate surface area is 137 Å². The number of piperazine rings is 1. The largest absolute Gasteiger partial charge is 0.309 e. The summed E-state index contributed by atoms with van der Waals surface area (Å²) in [5.41, 5.74) is 1.39. The third kappa shape index (κ3) is 4.14. The molecule has 3 nitrogen and oxygen atoms in total. The van der Waals surface area contributed by atoms with E-state index in [1.807, 2.05) is 17.8 Å². The summed E-state index contributed by atoms with van der Waals surface area (Å²) in [6.45, 7) is 6.98. The van der Waals surface area contributed by atoms with E-state index in [0.29, 0.717) is 6.04 Å². The van der Waals surface area contributed by atoms with Gasteiger partial charge in [-0.1, -0.05) is 11.6 Å². The van der Waals surface area contributed by atoms with Crippen LogP contribution in [-0.4, -0.2) is 61.9 Å². The van der Waals surface area contributed by atoms with Crippen LogP contribution in [0.15, 0.2) is 23.1 Å². The predicted octanol–water partition coefficient (Wildman–Crippen LogP) is 2.71. The van der Waals surface area contributed by atoms with Crippen LogP contribution in [-0.2, 0) is 0 Å². The summed E-state index contributed by atoms with van der Waals surface area (Å²) < 4.78 is 0. The fourth-order valence-corrected chi connectivity index (χ4v) is 4.33. The van der Waals surface area contributed by atoms with E-state index in [1.165, 1.54) is 48.8 Å². The molecular weight excluding hydrogens is 302 g/mol. The van der Waals surface area contributed by atoms with E-state index in [1.54, 1.807) is 0 Å². The number of hydrogen-bond donors (Lipinski definition) is 1. The highest BCUT2D eigenvalue weighted by molar-refractivity contribution is 7.99. The Morgan fingerprint density at radius 3 is 2.90 bits per heavy atom. The lowest BCUT2D eigenvalue weighted by atomic mass is 10.0. The molecule has 0 saturated carbocycles. The van der Waals surface area contributed by atoms with Crippen LogP contribution in [0.4, 0.5) is 0 Å². The summed E-state index contributed by atoms with van der Waals surface area (Å²) in [5, 5.41) is 4.59. The molecule has 21 heavy (non-hydrogen) atoms. The highest BCUT2D eigenvalue weighted by Crippen LogP contribution is 2.37. The lowest BCUT2D eigenvalue weighted by molar-refractivity contribution is 0.153. The molecule has 0 amide bonds. The van der Waals surface area contributed by atoms with Gasteiger partial charge in [0.05, 0.1) is 0 Å². The van der Waals surface area contributed by atoms with Crippen molar-refractivity contribution in [1.29, 1.82) is 0 Å². The molecule has 0 aliphatic carbocycles. The Morgan fingerprint density at radius 1 is 1.29 bits per heavy atom. The third-order valence-corrected chi connectivity index (χ3v) is 5.78. The molecule has 0 aromatic heterocycles. The monoisotopic (exact) mass is 325 g/mol. The fraction of sp³-hybridized carbons (Fsp3) is 0.625. The lowest BCUT2D eigenvalue weighted by Gasteiger charge is -2.33. The quantitative estimate of drug-likeness (QED) is 0.917. The second-order valence-electron chi connectivity index (χ2n) is 5.97. The third-order valence-electron chi connectivity index (χ3n) is 4.43. The van der Waals surface area contributed by atoms with Crippen LogP contribution in [0.2, 0.25) is 5.02 Å². The molecule has 1 fully saturated rings. The molecule has 3 rings (SSSR count). The zero-order valence-corrected chi connectivity index (χ0v) is 14.2. The minimum Gasteiger partial charge on any atom is -0.309 e. The van der Waals surface area contributed by atoms with Crippen molar-refractivity contribution in [1.82, 2.24) is 15.1 Å². The zero-order chi connectivity index (χ0) is 14.7. The van der Waals surface area contributed by atoms with Crippen molar-refractivity contribution in [3.8, 4) is 0 Å². The van der Waals surface area contributed by atoms with E-state index in [0.717, 1.165) is 18.1 Å². The molecule has 0 spiro atoms. The number of hydrogen-bond acceptors (Lipinski definition) is 4. The van der Waals surface area contributed by atoms with Gasteiger partial charge in [-0.2, -0.15) is 0 Å². The Balaban J connectivity index is 1.51. The molecule has 0 radical (unpaired) electrons. The summed E-state index contributed by atoms with van der Waals surface area (Å²) in [6, 6.07) is 6.76. The first-order valence-electron chi connectivity index (χ1n) is 7.79. The van der Waals surface area contributed by atoms with Gasteiger partial charge in [-0.25, -0.2) is 0 Å². The van der Waals surface area contributed by atoms with Gasteiger partial charge in [0, 0.05) is 55.2 Å². The van der Waals surface area contributed by atoms with Crippen LogP contribution in [0.5, 0.6) is 0 Å². The summed E-state index contributed by atoms with van der Waals surface area (Å²) in [6.07, 6.45) is 1.20. The van der Waals surface area contributed by atoms with Crippen molar-refractivity contribution in [2.24, 2.45) is 0 Å². The topological polar surface area (TPSA) is 18.5 Å². The fourth-order valence-electron chi connectivity index (χ4n) is 3.05. The van der Waals surface area contributed by atoms with Gasteiger partial charge in [-0.15, -0.1) is 11.8 Å². The minimum atomic E-state index is 0.465. The van der Waals surface area contributed by atoms with E-state index in [9.17, 15) is 0 Å². The van der Waals surface area contributed by atoms with Gasteiger partial charge < -0.3 is 10.2 Å². The number of thioether (sulfide) groups is 1. The molecule has 2 heterocycles. The Hall–Kier alpha value is -0.260. The molecule has 5 heteroatoms. The highest BCUT2D eigenvalue weighted by Gasteiger charge is 2.21. The number of nitrogens with zero attached hydrogens (tertiary/aromatic N) is 2. The van der Waals surface area contributed by atoms with Crippen molar-refractivity contribution >= 4 is 23.4 Å². The molecule has 1 atom stereocenters. The second kappa shape index (κ2) is 7.34. The molecule has 1 aromatic carbocycles. The first kappa shape index (κ1) is 15.6. The van der Waals surface area contributed by atoms with Crippen molar-refractivity contribution in [2.45, 2.75) is 17.4 Å². The van der Waals surface area contributed by atoms with Crippen molar-refractivity contribution < 1.29 is 0 Å². The first-order valence-corrected chi connectivity index (χ1v) is 9.15. The summed E-state index contributed by atoms with van der Waals surface area (Å²) in [5.74, 6) is 1.20. The second-order valence-corrected chi connectivity index (χ2v) is 7.54. The molecule has 116 valence electrons. The van der Waals surface area contributed by atoms with E-state index < -0.39 is 0 Å². The van der Waals surface area contributed by atoms with Crippen LogP contribution in [0.1, 0.15) is 18.0 Å². The van der Waals surface area contributed by atoms with Crippen LogP contribution >= 0.6 is 23.4 Å². The van der Waals surface area contributed by atoms with Crippen LogP contribution in [0, 0.1) is 0 Å². The predicted molar refractivity (Wildman–Crippen MR) is 91.5 cm³/mol. The number of nitrogens with one attached hydrogen (secondary N) is 1. The van der Waals surface area contributed by atoms with E-state index in [4.69, 9.17) is 11.6 Å². The average molecular weight is 326 g/mol. The zero-order valence-electron chi connectivity index (χ0n) is 12.6. The average Bonchev–Trinajstić information content (AvgIpc) is 2.50. The van der Waals surface area contributed by atoms with Crippen LogP contribution in [0.3, 0.4) is 0 Å². The SMILES string of the molecule is CN1CCN(CCNC2CCSc3ccc(Cl)cc32)CC1. The minimum absolute atomic E-state index is 0.465. The van der Waals surface area contributed by atoms with Gasteiger partial charge in [0.1, 0.15) is 0 Å². The Morgan fingerprint density at radius 2 is 2.10 bits per heavy atom. The van der Waals surface area contributed by atoms with Gasteiger partial charge >= 0.3 is 0 Å². The number of likely N-dealkylation sites (N-methyl/N-ethyl adjacent to an activating group) is 1. The number of rotatable bonds is 4. The van der Waals surface area contributed by atoms with E-state index in [-0.39, 0.29) is 0 Å². The van der Waals surface area contributed by atoms with Gasteiger partial charge in [0.15, 0.2) is 0 Å². The van der Waals surface area contributed by atoms with Crippen LogP contribution in [0.25, 0.3) is 0 Å². The number of benzene rings is 1. The molecule has 1 unspecified atom stereocenters. The smallest absolute Gasteiger partial charge is 0.0410 e. The molecular formula is C16H24ClN3S.